The third-order valence-corrected chi connectivity index (χ3v) is 6.74. The lowest BCUT2D eigenvalue weighted by atomic mass is 9.89. The second-order valence-corrected chi connectivity index (χ2v) is 10.4. The first-order valence-corrected chi connectivity index (χ1v) is 13.9. The van der Waals surface area contributed by atoms with Crippen molar-refractivity contribution in [2.45, 2.75) is 76.4 Å². The summed E-state index contributed by atoms with van der Waals surface area (Å²) in [5, 5.41) is 43.4. The van der Waals surface area contributed by atoms with Crippen molar-refractivity contribution in [1.82, 2.24) is 5.32 Å². The molecule has 41 heavy (non-hydrogen) atoms. The number of amides is 1. The van der Waals surface area contributed by atoms with Crippen LogP contribution in [0.25, 0.3) is 0 Å². The second kappa shape index (κ2) is 17.6. The number of aliphatic hydroxyl groups excluding tert-OH is 3. The van der Waals surface area contributed by atoms with E-state index in [2.05, 4.69) is 10.2 Å². The fraction of sp³-hybridized carbons (Fsp3) is 0.571. The summed E-state index contributed by atoms with van der Waals surface area (Å²) < 4.78 is 10.5. The zero-order valence-corrected chi connectivity index (χ0v) is 23.9. The van der Waals surface area contributed by atoms with E-state index in [1.54, 1.807) is 36.4 Å². The quantitative estimate of drug-likeness (QED) is 0.0685. The molecule has 7 atom stereocenters. The minimum Gasteiger partial charge on any atom is -0.491 e. The van der Waals surface area contributed by atoms with Crippen LogP contribution in [0.4, 0.5) is 0 Å². The Morgan fingerprint density at radius 1 is 1.22 bits per heavy atom. The summed E-state index contributed by atoms with van der Waals surface area (Å²) in [7, 11) is 0. The first kappa shape index (κ1) is 34.0. The smallest absolute Gasteiger partial charge is 0.328 e. The van der Waals surface area contributed by atoms with Gasteiger partial charge in [0.1, 0.15) is 37.2 Å². The van der Waals surface area contributed by atoms with E-state index in [9.17, 15) is 35.0 Å². The van der Waals surface area contributed by atoms with Crippen molar-refractivity contribution >= 4 is 23.5 Å². The van der Waals surface area contributed by atoms with Crippen LogP contribution in [-0.2, 0) is 19.2 Å². The SMILES string of the molecule is CC(CO[N+](=O)[O-])OC(=O)C(C)NC(=O)CCC/C=C\C[C@@H]1[C@@H](/C=C/[C@@H](O)COc2cccc(Cl)c2)[C@H](O)C[C@@H]1O. The van der Waals surface area contributed by atoms with E-state index in [-0.39, 0.29) is 37.2 Å². The highest BCUT2D eigenvalue weighted by Crippen LogP contribution is 2.36. The maximum Gasteiger partial charge on any atom is 0.328 e. The fourth-order valence-corrected chi connectivity index (χ4v) is 4.56. The van der Waals surface area contributed by atoms with Gasteiger partial charge in [-0.1, -0.05) is 42.0 Å². The van der Waals surface area contributed by atoms with E-state index in [4.69, 9.17) is 21.1 Å². The molecule has 1 aromatic carbocycles. The minimum absolute atomic E-state index is 0.0123. The summed E-state index contributed by atoms with van der Waals surface area (Å²) in [6.07, 6.45) is 5.94. The molecule has 0 heterocycles. The maximum absolute atomic E-state index is 12.1. The molecule has 1 saturated carbocycles. The summed E-state index contributed by atoms with van der Waals surface area (Å²) in [4.78, 5) is 38.5. The number of nitrogens with zero attached hydrogens (tertiary/aromatic N) is 1. The van der Waals surface area contributed by atoms with Crippen LogP contribution in [0.2, 0.25) is 5.02 Å². The van der Waals surface area contributed by atoms with Gasteiger partial charge in [-0.15, -0.1) is 10.1 Å². The third-order valence-electron chi connectivity index (χ3n) is 6.50. The monoisotopic (exact) mass is 598 g/mol. The second-order valence-electron chi connectivity index (χ2n) is 9.99. The number of benzene rings is 1. The van der Waals surface area contributed by atoms with Gasteiger partial charge in [-0.3, -0.25) is 4.79 Å². The molecular weight excluding hydrogens is 560 g/mol. The Hall–Kier alpha value is -3.19. The van der Waals surface area contributed by atoms with E-state index < -0.39 is 48.1 Å². The normalized spacial score (nSPS) is 22.8. The van der Waals surface area contributed by atoms with Crippen LogP contribution in [0.3, 0.4) is 0 Å². The van der Waals surface area contributed by atoms with E-state index in [0.29, 0.717) is 30.0 Å². The number of halogens is 1. The van der Waals surface area contributed by atoms with Gasteiger partial charge in [0.2, 0.25) is 5.91 Å². The van der Waals surface area contributed by atoms with Crippen molar-refractivity contribution in [1.29, 1.82) is 0 Å². The van der Waals surface area contributed by atoms with E-state index in [1.165, 1.54) is 13.8 Å². The molecule has 0 saturated heterocycles. The zero-order chi connectivity index (χ0) is 30.4. The number of carbonyl (C=O) groups excluding carboxylic acids is 2. The number of carbonyl (C=O) groups is 2. The zero-order valence-electron chi connectivity index (χ0n) is 23.1. The standard InChI is InChI=1S/C28H39ClN2O10/c1-18(16-40-31(37)38)41-28(36)19(2)30-27(35)11-6-4-3-5-10-23-24(26(34)15-25(23)33)13-12-21(32)17-39-22-9-7-8-20(29)14-22/h3,5,7-9,12-14,18-19,21,23-26,32-34H,4,6,10-11,15-17H2,1-2H3,(H,30,35)/b5-3-,13-12+/t18?,19?,21-,23-,24-,25+,26-/m1/s1. The number of hydrogen-bond donors (Lipinski definition) is 4. The molecule has 1 amide bonds. The first-order chi connectivity index (χ1) is 19.5. The van der Waals surface area contributed by atoms with Crippen LogP contribution in [0.15, 0.2) is 48.6 Å². The van der Waals surface area contributed by atoms with E-state index >= 15 is 0 Å². The number of rotatable bonds is 17. The van der Waals surface area contributed by atoms with Crippen molar-refractivity contribution < 1.29 is 44.3 Å². The Morgan fingerprint density at radius 2 is 1.98 bits per heavy atom. The summed E-state index contributed by atoms with van der Waals surface area (Å²) in [6.45, 7) is 2.51. The van der Waals surface area contributed by atoms with Crippen LogP contribution in [0.1, 0.15) is 46.0 Å². The van der Waals surface area contributed by atoms with Gasteiger partial charge >= 0.3 is 5.97 Å². The Labute approximate surface area is 244 Å². The summed E-state index contributed by atoms with van der Waals surface area (Å²) in [5.41, 5.74) is 0. The Balaban J connectivity index is 1.70. The van der Waals surface area contributed by atoms with Gasteiger partial charge in [-0.05, 0) is 57.2 Å². The highest BCUT2D eigenvalue weighted by atomic mass is 35.5. The number of aliphatic hydroxyl groups is 3. The van der Waals surface area contributed by atoms with Crippen LogP contribution >= 0.6 is 11.6 Å². The predicted molar refractivity (Wildman–Crippen MR) is 149 cm³/mol. The summed E-state index contributed by atoms with van der Waals surface area (Å²) >= 11 is 5.93. The van der Waals surface area contributed by atoms with Crippen LogP contribution < -0.4 is 10.1 Å². The molecule has 0 radical (unpaired) electrons. The van der Waals surface area contributed by atoms with Crippen LogP contribution in [0, 0.1) is 22.0 Å². The van der Waals surface area contributed by atoms with Gasteiger partial charge < -0.3 is 34.9 Å². The number of esters is 1. The molecule has 1 aliphatic rings. The van der Waals surface area contributed by atoms with Crippen LogP contribution in [0.5, 0.6) is 5.75 Å². The Morgan fingerprint density at radius 3 is 2.68 bits per heavy atom. The third kappa shape index (κ3) is 12.9. The first-order valence-electron chi connectivity index (χ1n) is 13.5. The lowest BCUT2D eigenvalue weighted by Gasteiger charge is -2.19. The van der Waals surface area contributed by atoms with Crippen molar-refractivity contribution in [3.05, 3.63) is 63.7 Å². The van der Waals surface area contributed by atoms with Gasteiger partial charge in [0.15, 0.2) is 0 Å². The molecule has 13 heteroatoms. The highest BCUT2D eigenvalue weighted by molar-refractivity contribution is 6.30. The van der Waals surface area contributed by atoms with Gasteiger partial charge in [-0.25, -0.2) is 4.79 Å². The van der Waals surface area contributed by atoms with Gasteiger partial charge in [-0.2, -0.15) is 0 Å². The number of nitrogens with one attached hydrogen (secondary N) is 1. The summed E-state index contributed by atoms with van der Waals surface area (Å²) in [6, 6.07) is 5.92. The number of allylic oxidation sites excluding steroid dienone is 2. The average Bonchev–Trinajstić information content (AvgIpc) is 3.18. The van der Waals surface area contributed by atoms with Gasteiger partial charge in [0.25, 0.3) is 5.09 Å². The van der Waals surface area contributed by atoms with Crippen molar-refractivity contribution in [3.63, 3.8) is 0 Å². The molecule has 1 aliphatic carbocycles. The Kier molecular flexibility index (Phi) is 14.6. The maximum atomic E-state index is 12.1. The molecule has 2 rings (SSSR count). The molecule has 228 valence electrons. The number of unbranched alkanes of at least 4 members (excludes halogenated alkanes) is 1. The minimum atomic E-state index is -0.980. The molecule has 1 aromatic rings. The molecule has 0 spiro atoms. The van der Waals surface area contributed by atoms with Gasteiger partial charge in [0, 0.05) is 23.8 Å². The molecule has 0 aliphatic heterocycles. The lowest BCUT2D eigenvalue weighted by Crippen LogP contribution is -2.41. The largest absolute Gasteiger partial charge is 0.491 e. The molecule has 0 aromatic heterocycles. The molecular formula is C28H39ClN2O10. The molecule has 1 fully saturated rings. The van der Waals surface area contributed by atoms with Crippen molar-refractivity contribution in [3.8, 4) is 5.75 Å². The molecule has 12 nitrogen and oxygen atoms in total. The summed E-state index contributed by atoms with van der Waals surface area (Å²) in [5.74, 6) is -1.09. The highest BCUT2D eigenvalue weighted by Gasteiger charge is 2.39. The van der Waals surface area contributed by atoms with E-state index in [0.717, 1.165) is 0 Å². The number of hydrogen-bond acceptors (Lipinski definition) is 10. The predicted octanol–water partition coefficient (Wildman–Crippen LogP) is 2.76. The van der Waals surface area contributed by atoms with Gasteiger partial charge in [0.05, 0.1) is 12.2 Å². The lowest BCUT2D eigenvalue weighted by molar-refractivity contribution is -0.759. The average molecular weight is 599 g/mol. The topological polar surface area (TPSA) is 178 Å². The molecule has 0 bridgehead atoms. The number of ether oxygens (including phenoxy) is 2. The van der Waals surface area contributed by atoms with Crippen LogP contribution in [-0.4, -0.2) is 76.0 Å². The Bertz CT molecular complexity index is 1050. The fourth-order valence-electron chi connectivity index (χ4n) is 4.38. The van der Waals surface area contributed by atoms with E-state index in [1.807, 2.05) is 12.2 Å². The van der Waals surface area contributed by atoms with Crippen molar-refractivity contribution in [2.75, 3.05) is 13.2 Å². The molecule has 2 unspecified atom stereocenters. The molecule has 4 N–H and O–H groups in total. The van der Waals surface area contributed by atoms with Crippen molar-refractivity contribution in [2.24, 2.45) is 11.8 Å².